The summed E-state index contributed by atoms with van der Waals surface area (Å²) < 4.78 is 13.6. The zero-order chi connectivity index (χ0) is 37.4. The Kier molecular flexibility index (Phi) is 10.4. The number of anilines is 1. The molecule has 0 aliphatic carbocycles. The number of aliphatic hydroxyl groups is 1. The summed E-state index contributed by atoms with van der Waals surface area (Å²) in [7, 11) is 0. The van der Waals surface area contributed by atoms with Gasteiger partial charge in [-0.2, -0.15) is 0 Å². The van der Waals surface area contributed by atoms with Gasteiger partial charge in [0.25, 0.3) is 5.91 Å². The average Bonchev–Trinajstić information content (AvgIpc) is 3.75. The van der Waals surface area contributed by atoms with Crippen molar-refractivity contribution in [1.82, 2.24) is 10.2 Å². The summed E-state index contributed by atoms with van der Waals surface area (Å²) in [6.45, 7) is 5.38. The van der Waals surface area contributed by atoms with Crippen LogP contribution in [0.3, 0.4) is 0 Å². The van der Waals surface area contributed by atoms with Crippen LogP contribution < -0.4 is 10.2 Å². The number of ether oxygens (including phenoxy) is 2. The number of aliphatic hydroxyl groups excluding tert-OH is 1. The molecule has 5 bridgehead atoms. The van der Waals surface area contributed by atoms with E-state index in [4.69, 9.17) is 9.47 Å². The summed E-state index contributed by atoms with van der Waals surface area (Å²) in [6, 6.07) is 21.8. The van der Waals surface area contributed by atoms with Gasteiger partial charge in [0.2, 0.25) is 11.8 Å². The maximum absolute atomic E-state index is 15.5. The molecule has 2 fully saturated rings. The molecule has 2 N–H and O–H groups in total. The number of halogens is 1. The number of rotatable bonds is 6. The number of cyclic esters (lactones) is 1. The zero-order valence-corrected chi connectivity index (χ0v) is 31.6. The molecule has 276 valence electrons. The van der Waals surface area contributed by atoms with Gasteiger partial charge in [0.1, 0.15) is 29.8 Å². The molecule has 4 heterocycles. The maximum Gasteiger partial charge on any atom is 0.313 e. The number of nitrogens with zero attached hydrogens (tertiary/aromatic N) is 2. The number of para-hydroxylation sites is 1. The number of carbonyl (C=O) groups is 4. The molecule has 4 aliphatic rings. The molecule has 7 rings (SSSR count). The number of esters is 1. The smallest absolute Gasteiger partial charge is 0.313 e. The fourth-order valence-electron chi connectivity index (χ4n) is 8.63. The Bertz CT molecular complexity index is 1930. The number of allylic oxidation sites excluding steroid dienone is 1. The van der Waals surface area contributed by atoms with Crippen molar-refractivity contribution in [3.8, 4) is 0 Å². The van der Waals surface area contributed by atoms with E-state index in [9.17, 15) is 14.7 Å². The molecule has 4 aliphatic heterocycles. The van der Waals surface area contributed by atoms with Crippen molar-refractivity contribution in [3.05, 3.63) is 124 Å². The number of fused-ring (bicyclic) bond motifs is 2. The van der Waals surface area contributed by atoms with Crippen LogP contribution in [0.4, 0.5) is 5.69 Å². The molecule has 11 heteroatoms. The molecule has 10 nitrogen and oxygen atoms in total. The Hall–Kier alpha value is -4.58. The lowest BCUT2D eigenvalue weighted by Gasteiger charge is -2.39. The second-order valence-corrected chi connectivity index (χ2v) is 15.3. The summed E-state index contributed by atoms with van der Waals surface area (Å²) in [5.41, 5.74) is 2.43. The van der Waals surface area contributed by atoms with Crippen LogP contribution in [-0.4, -0.2) is 76.7 Å². The van der Waals surface area contributed by atoms with Gasteiger partial charge in [0.15, 0.2) is 0 Å². The number of amides is 3. The van der Waals surface area contributed by atoms with Gasteiger partial charge < -0.3 is 29.7 Å². The normalized spacial score (nSPS) is 30.1. The fourth-order valence-corrected chi connectivity index (χ4v) is 9.36. The van der Waals surface area contributed by atoms with E-state index in [1.54, 1.807) is 17.9 Å². The summed E-state index contributed by atoms with van der Waals surface area (Å²) >= 11 is 3.64. The van der Waals surface area contributed by atoms with Crippen LogP contribution >= 0.6 is 15.9 Å². The summed E-state index contributed by atoms with van der Waals surface area (Å²) in [4.78, 5) is 61.5. The fraction of sp³-hybridized carbons (Fsp3) is 0.381. The number of hydrogen-bond donors (Lipinski definition) is 2. The van der Waals surface area contributed by atoms with Gasteiger partial charge in [-0.05, 0) is 61.9 Å². The highest BCUT2D eigenvalue weighted by atomic mass is 79.9. The number of carbonyl (C=O) groups excluding carboxylic acids is 4. The lowest BCUT2D eigenvalue weighted by atomic mass is 9.74. The van der Waals surface area contributed by atoms with E-state index < -0.39 is 72.2 Å². The third-order valence-corrected chi connectivity index (χ3v) is 11.7. The first-order valence-corrected chi connectivity index (χ1v) is 19.0. The SMILES string of the molecule is Cc1cccc(C)c1N1C/C=C\CCC(=O)N[C@H](C)[C@@H](c2ccccc2)OC(=O)[C@@H]2[C@H]3O[C@@]4(C=C3Br)[C@H](C1=O)N([C@@H](CO)Cc1ccccc1)C(=O)[C@@H]24. The molecule has 3 aromatic carbocycles. The van der Waals surface area contributed by atoms with Crippen LogP contribution in [0.5, 0.6) is 0 Å². The van der Waals surface area contributed by atoms with Crippen LogP contribution in [0.1, 0.15) is 48.1 Å². The average molecular weight is 783 g/mol. The number of benzene rings is 3. The minimum Gasteiger partial charge on any atom is -0.455 e. The minimum atomic E-state index is -1.54. The van der Waals surface area contributed by atoms with Crippen LogP contribution in [0.15, 0.2) is 102 Å². The van der Waals surface area contributed by atoms with E-state index in [-0.39, 0.29) is 25.3 Å². The van der Waals surface area contributed by atoms with Gasteiger partial charge in [-0.15, -0.1) is 0 Å². The standard InChI is InChI=1S/C42H44BrN3O7/c1-25-14-13-15-26(2)35(25)45-21-12-6-11-20-32(48)44-27(3)36(29-18-9-5-10-19-29)52-41(51)33-34-39(49)46(30(24-47)22-28-16-7-4-8-17-28)38(40(45)50)42(34)23-31(43)37(33)53-42/h4-10,12-19,23,27,30,33-34,36-38,47H,11,20-22,24H2,1-3H3,(H,44,48)/b12-6-/t27-,30-,33+,34-,36+,37+,38+,42-/m1/s1. The summed E-state index contributed by atoms with van der Waals surface area (Å²) in [5, 5.41) is 14.0. The Morgan fingerprint density at radius 3 is 2.26 bits per heavy atom. The van der Waals surface area contributed by atoms with Crippen molar-refractivity contribution in [1.29, 1.82) is 0 Å². The minimum absolute atomic E-state index is 0.153. The molecular weight excluding hydrogens is 738 g/mol. The highest BCUT2D eigenvalue weighted by molar-refractivity contribution is 9.11. The van der Waals surface area contributed by atoms with E-state index in [1.165, 1.54) is 4.90 Å². The number of nitrogens with one attached hydrogen (secondary N) is 1. The van der Waals surface area contributed by atoms with Crippen LogP contribution in [0, 0.1) is 25.7 Å². The Labute approximate surface area is 318 Å². The second kappa shape index (κ2) is 15.0. The number of aryl methyl sites for hydroxylation is 2. The quantitative estimate of drug-likeness (QED) is 0.259. The van der Waals surface area contributed by atoms with E-state index in [1.807, 2.05) is 105 Å². The second-order valence-electron chi connectivity index (χ2n) is 14.4. The van der Waals surface area contributed by atoms with Crippen molar-refractivity contribution in [2.24, 2.45) is 11.8 Å². The van der Waals surface area contributed by atoms with Crippen LogP contribution in [-0.2, 0) is 35.1 Å². The highest BCUT2D eigenvalue weighted by Crippen LogP contribution is 2.59. The van der Waals surface area contributed by atoms with E-state index in [0.717, 1.165) is 16.7 Å². The van der Waals surface area contributed by atoms with Gasteiger partial charge in [-0.25, -0.2) is 0 Å². The molecule has 8 atom stereocenters. The first kappa shape index (κ1) is 36.8. The first-order chi connectivity index (χ1) is 25.6. The molecule has 3 aromatic rings. The zero-order valence-electron chi connectivity index (χ0n) is 30.0. The van der Waals surface area contributed by atoms with E-state index in [2.05, 4.69) is 21.2 Å². The lowest BCUT2D eigenvalue weighted by molar-refractivity contribution is -0.161. The van der Waals surface area contributed by atoms with Crippen molar-refractivity contribution < 1.29 is 33.8 Å². The summed E-state index contributed by atoms with van der Waals surface area (Å²) in [6.07, 6.45) is 4.63. The van der Waals surface area contributed by atoms with Crippen molar-refractivity contribution in [3.63, 3.8) is 0 Å². The molecule has 3 amide bonds. The third kappa shape index (κ3) is 6.64. The molecule has 1 spiro atoms. The monoisotopic (exact) mass is 781 g/mol. The Balaban J connectivity index is 1.39. The van der Waals surface area contributed by atoms with Crippen molar-refractivity contribution in [2.75, 3.05) is 18.1 Å². The van der Waals surface area contributed by atoms with Gasteiger partial charge in [-0.3, -0.25) is 19.2 Å². The van der Waals surface area contributed by atoms with Crippen LogP contribution in [0.25, 0.3) is 0 Å². The Morgan fingerprint density at radius 1 is 0.906 bits per heavy atom. The first-order valence-electron chi connectivity index (χ1n) is 18.2. The van der Waals surface area contributed by atoms with Gasteiger partial charge >= 0.3 is 5.97 Å². The van der Waals surface area contributed by atoms with Gasteiger partial charge in [-0.1, -0.05) is 107 Å². The van der Waals surface area contributed by atoms with Crippen LogP contribution in [0.2, 0.25) is 0 Å². The molecule has 0 radical (unpaired) electrons. The van der Waals surface area contributed by atoms with E-state index >= 15 is 9.59 Å². The molecule has 53 heavy (non-hydrogen) atoms. The topological polar surface area (TPSA) is 125 Å². The molecule has 0 saturated carbocycles. The Morgan fingerprint density at radius 2 is 1.58 bits per heavy atom. The van der Waals surface area contributed by atoms with Gasteiger partial charge in [0.05, 0.1) is 24.6 Å². The van der Waals surface area contributed by atoms with Gasteiger partial charge in [0, 0.05) is 23.1 Å². The highest BCUT2D eigenvalue weighted by Gasteiger charge is 2.75. The van der Waals surface area contributed by atoms with E-state index in [0.29, 0.717) is 22.2 Å². The van der Waals surface area contributed by atoms with Crippen molar-refractivity contribution >= 4 is 45.3 Å². The lowest BCUT2D eigenvalue weighted by Crippen LogP contribution is -2.59. The largest absolute Gasteiger partial charge is 0.455 e. The maximum atomic E-state index is 15.5. The predicted octanol–water partition coefficient (Wildman–Crippen LogP) is 5.25. The molecule has 0 aromatic heterocycles. The molecular formula is C42H44BrN3O7. The molecule has 2 saturated heterocycles. The molecule has 0 unspecified atom stereocenters. The van der Waals surface area contributed by atoms with Crippen molar-refractivity contribution in [2.45, 2.75) is 76.0 Å². The third-order valence-electron chi connectivity index (χ3n) is 11.0. The number of hydrogen-bond acceptors (Lipinski definition) is 7. The summed E-state index contributed by atoms with van der Waals surface area (Å²) in [5.74, 6) is -3.99. The number of likely N-dealkylation sites (tertiary alicyclic amines) is 1. The predicted molar refractivity (Wildman–Crippen MR) is 203 cm³/mol.